The number of aryl methyl sites for hydroxylation is 1. The number of nitrogens with one attached hydrogen (secondary N) is 2. The Morgan fingerprint density at radius 2 is 1.61 bits per heavy atom. The summed E-state index contributed by atoms with van der Waals surface area (Å²) >= 11 is 0. The van der Waals surface area contributed by atoms with Gasteiger partial charge in [0, 0.05) is 30.0 Å². The molecule has 36 heavy (non-hydrogen) atoms. The number of anilines is 1. The molecule has 1 amide bonds. The molecule has 0 fully saturated rings. The highest BCUT2D eigenvalue weighted by molar-refractivity contribution is 5.79. The van der Waals surface area contributed by atoms with Gasteiger partial charge in [-0.2, -0.15) is 13.2 Å². The van der Waals surface area contributed by atoms with E-state index in [4.69, 9.17) is 4.42 Å². The summed E-state index contributed by atoms with van der Waals surface area (Å²) in [5.74, 6) is 0.295. The van der Waals surface area contributed by atoms with Gasteiger partial charge in [-0.3, -0.25) is 25.8 Å². The third kappa shape index (κ3) is 5.69. The Bertz CT molecular complexity index is 1320. The zero-order valence-electron chi connectivity index (χ0n) is 18.6. The van der Waals surface area contributed by atoms with E-state index in [0.29, 0.717) is 29.5 Å². The molecule has 11 heteroatoms. The molecule has 8 nitrogen and oxygen atoms in total. The second-order valence-corrected chi connectivity index (χ2v) is 7.68. The Balaban J connectivity index is 1.45. The second-order valence-electron chi connectivity index (χ2n) is 7.68. The summed E-state index contributed by atoms with van der Waals surface area (Å²) in [6.45, 7) is 0. The topological polar surface area (TPSA) is 110 Å². The van der Waals surface area contributed by atoms with E-state index in [1.807, 2.05) is 60.7 Å². The number of carbonyl (C=O) groups excluding carboxylic acids is 1. The number of nitrogens with zero attached hydrogens (tertiary/aromatic N) is 2. The maximum absolute atomic E-state index is 12.9. The van der Waals surface area contributed by atoms with Crippen LogP contribution in [0.5, 0.6) is 0 Å². The van der Waals surface area contributed by atoms with Crippen LogP contribution in [0.4, 0.5) is 24.5 Å². The number of amides is 1. The molecule has 0 spiro atoms. The van der Waals surface area contributed by atoms with Crippen molar-refractivity contribution in [1.82, 2.24) is 10.4 Å². The van der Waals surface area contributed by atoms with Gasteiger partial charge < -0.3 is 4.42 Å². The molecule has 0 aliphatic carbocycles. The normalized spacial score (nSPS) is 11.2. The van der Waals surface area contributed by atoms with Gasteiger partial charge in [0.15, 0.2) is 11.7 Å². The van der Waals surface area contributed by atoms with Crippen molar-refractivity contribution in [3.05, 3.63) is 100 Å². The lowest BCUT2D eigenvalue weighted by Crippen LogP contribution is -2.30. The first-order chi connectivity index (χ1) is 17.2. The van der Waals surface area contributed by atoms with Crippen LogP contribution in [0.1, 0.15) is 17.9 Å². The number of halogens is 3. The SMILES string of the molecule is O=C(CCc1nc(-c2ccccc2)c(-c2ccccc2)o1)NNc1ccc(C(F)(F)F)cc1[N+](=O)[O-]. The van der Waals surface area contributed by atoms with Crippen molar-refractivity contribution < 1.29 is 27.3 Å². The monoisotopic (exact) mass is 496 g/mol. The lowest BCUT2D eigenvalue weighted by Gasteiger charge is -2.11. The standard InChI is InChI=1S/C25H19F3N4O4/c26-25(27,28)18-11-12-19(20(15-18)32(34)35)30-31-21(33)13-14-22-29-23(16-7-3-1-4-8-16)24(36-22)17-9-5-2-6-10-17/h1-12,15,30H,13-14H2,(H,31,33). The summed E-state index contributed by atoms with van der Waals surface area (Å²) < 4.78 is 44.5. The van der Waals surface area contributed by atoms with Gasteiger partial charge in [0.1, 0.15) is 11.4 Å². The van der Waals surface area contributed by atoms with Crippen LogP contribution >= 0.6 is 0 Å². The number of nitro benzene ring substituents is 1. The van der Waals surface area contributed by atoms with Crippen molar-refractivity contribution in [2.45, 2.75) is 19.0 Å². The van der Waals surface area contributed by atoms with E-state index in [1.54, 1.807) is 0 Å². The molecule has 0 radical (unpaired) electrons. The average Bonchev–Trinajstić information content (AvgIpc) is 3.31. The van der Waals surface area contributed by atoms with E-state index >= 15 is 0 Å². The van der Waals surface area contributed by atoms with Crippen molar-refractivity contribution in [1.29, 1.82) is 0 Å². The second kappa shape index (κ2) is 10.3. The Morgan fingerprint density at radius 1 is 0.972 bits per heavy atom. The summed E-state index contributed by atoms with van der Waals surface area (Å²) in [6, 6.07) is 20.7. The highest BCUT2D eigenvalue weighted by atomic mass is 19.4. The van der Waals surface area contributed by atoms with E-state index in [1.165, 1.54) is 0 Å². The molecule has 0 saturated carbocycles. The third-order valence-corrected chi connectivity index (χ3v) is 5.18. The minimum atomic E-state index is -4.74. The molecular formula is C25H19F3N4O4. The molecule has 2 N–H and O–H groups in total. The predicted molar refractivity (Wildman–Crippen MR) is 126 cm³/mol. The largest absolute Gasteiger partial charge is 0.440 e. The number of rotatable bonds is 8. The van der Waals surface area contributed by atoms with E-state index in [2.05, 4.69) is 15.8 Å². The van der Waals surface area contributed by atoms with Crippen LogP contribution in [-0.4, -0.2) is 15.8 Å². The van der Waals surface area contributed by atoms with Gasteiger partial charge in [-0.05, 0) is 12.1 Å². The minimum absolute atomic E-state index is 0.0929. The number of carbonyl (C=O) groups is 1. The fourth-order valence-corrected chi connectivity index (χ4v) is 3.43. The van der Waals surface area contributed by atoms with Gasteiger partial charge in [-0.15, -0.1) is 0 Å². The molecular weight excluding hydrogens is 477 g/mol. The Kier molecular flexibility index (Phi) is 7.00. The summed E-state index contributed by atoms with van der Waals surface area (Å²) in [5.41, 5.74) is 4.59. The first-order valence-corrected chi connectivity index (χ1v) is 10.7. The Morgan fingerprint density at radius 3 is 2.22 bits per heavy atom. The summed E-state index contributed by atoms with van der Waals surface area (Å²) in [4.78, 5) is 27.1. The van der Waals surface area contributed by atoms with Crippen molar-refractivity contribution in [3.8, 4) is 22.6 Å². The van der Waals surface area contributed by atoms with Gasteiger partial charge in [-0.25, -0.2) is 4.98 Å². The summed E-state index contributed by atoms with van der Waals surface area (Å²) in [5, 5.41) is 11.2. The number of hydrogen-bond donors (Lipinski definition) is 2. The molecule has 0 unspecified atom stereocenters. The number of alkyl halides is 3. The predicted octanol–water partition coefficient (Wildman–Crippen LogP) is 6.01. The van der Waals surface area contributed by atoms with Crippen molar-refractivity contribution in [2.75, 3.05) is 5.43 Å². The zero-order valence-corrected chi connectivity index (χ0v) is 18.6. The van der Waals surface area contributed by atoms with E-state index in [9.17, 15) is 28.1 Å². The third-order valence-electron chi connectivity index (χ3n) is 5.18. The minimum Gasteiger partial charge on any atom is -0.440 e. The molecule has 0 aliphatic heterocycles. The van der Waals surface area contributed by atoms with Crippen LogP contribution in [0.25, 0.3) is 22.6 Å². The lowest BCUT2D eigenvalue weighted by molar-refractivity contribution is -0.384. The van der Waals surface area contributed by atoms with Crippen LogP contribution < -0.4 is 10.9 Å². The molecule has 3 aromatic carbocycles. The number of aromatic nitrogens is 1. The average molecular weight is 496 g/mol. The maximum Gasteiger partial charge on any atom is 0.416 e. The Labute approximate surface area is 202 Å². The molecule has 184 valence electrons. The summed E-state index contributed by atoms with van der Waals surface area (Å²) in [7, 11) is 0. The quantitative estimate of drug-likeness (QED) is 0.228. The van der Waals surface area contributed by atoms with E-state index < -0.39 is 28.3 Å². The lowest BCUT2D eigenvalue weighted by atomic mass is 10.1. The molecule has 1 heterocycles. The highest BCUT2D eigenvalue weighted by Gasteiger charge is 2.33. The summed E-state index contributed by atoms with van der Waals surface area (Å²) in [6.07, 6.45) is -4.71. The van der Waals surface area contributed by atoms with Crippen LogP contribution in [0, 0.1) is 10.1 Å². The zero-order chi connectivity index (χ0) is 25.7. The maximum atomic E-state index is 12.9. The first-order valence-electron chi connectivity index (χ1n) is 10.7. The van der Waals surface area contributed by atoms with E-state index in [-0.39, 0.29) is 18.5 Å². The van der Waals surface area contributed by atoms with E-state index in [0.717, 1.165) is 17.2 Å². The molecule has 1 aromatic heterocycles. The fourth-order valence-electron chi connectivity index (χ4n) is 3.43. The molecule has 0 aliphatic rings. The van der Waals surface area contributed by atoms with Gasteiger partial charge in [0.05, 0.1) is 10.5 Å². The van der Waals surface area contributed by atoms with Crippen LogP contribution in [-0.2, 0) is 17.4 Å². The number of benzene rings is 3. The first kappa shape index (κ1) is 24.5. The Hall–Kier alpha value is -4.67. The van der Waals surface area contributed by atoms with Gasteiger partial charge in [0.2, 0.25) is 5.91 Å². The fraction of sp³-hybridized carbons (Fsp3) is 0.120. The number of hydrogen-bond acceptors (Lipinski definition) is 6. The van der Waals surface area contributed by atoms with Crippen LogP contribution in [0.15, 0.2) is 83.3 Å². The van der Waals surface area contributed by atoms with Crippen molar-refractivity contribution in [2.24, 2.45) is 0 Å². The molecule has 0 saturated heterocycles. The van der Waals surface area contributed by atoms with Gasteiger partial charge >= 0.3 is 6.18 Å². The number of nitro groups is 1. The molecule has 0 bridgehead atoms. The highest BCUT2D eigenvalue weighted by Crippen LogP contribution is 2.35. The van der Waals surface area contributed by atoms with Crippen molar-refractivity contribution >= 4 is 17.3 Å². The smallest absolute Gasteiger partial charge is 0.416 e. The number of oxazole rings is 1. The molecule has 4 aromatic rings. The molecule has 4 rings (SSSR count). The van der Waals surface area contributed by atoms with Gasteiger partial charge in [-0.1, -0.05) is 60.7 Å². The molecule has 0 atom stereocenters. The number of hydrazine groups is 1. The van der Waals surface area contributed by atoms with Crippen molar-refractivity contribution in [3.63, 3.8) is 0 Å². The van der Waals surface area contributed by atoms with Crippen LogP contribution in [0.2, 0.25) is 0 Å². The van der Waals surface area contributed by atoms with Gasteiger partial charge in [0.25, 0.3) is 5.69 Å². The van der Waals surface area contributed by atoms with Crippen LogP contribution in [0.3, 0.4) is 0 Å².